The van der Waals surface area contributed by atoms with E-state index in [1.165, 1.54) is 4.88 Å². The van der Waals surface area contributed by atoms with Crippen LogP contribution in [0.5, 0.6) is 0 Å². The Balaban J connectivity index is 2.01. The monoisotopic (exact) mass is 365 g/mol. The van der Waals surface area contributed by atoms with Crippen LogP contribution in [0.15, 0.2) is 49.1 Å². The number of nitrogens with zero attached hydrogens (tertiary/aromatic N) is 2. The van der Waals surface area contributed by atoms with Crippen LogP contribution in [0, 0.1) is 13.8 Å². The molecule has 3 rings (SSSR count). The second-order valence-corrected chi connectivity index (χ2v) is 7.16. The van der Waals surface area contributed by atoms with E-state index in [1.807, 2.05) is 25.1 Å². The smallest absolute Gasteiger partial charge is 0.335 e. The molecular weight excluding hydrogens is 346 g/mol. The van der Waals surface area contributed by atoms with E-state index < -0.39 is 5.97 Å². The maximum atomic E-state index is 11.0. The molecule has 0 aliphatic heterocycles. The number of carboxylic acid groups (broad SMARTS) is 1. The third-order valence-corrected chi connectivity index (χ3v) is 4.91. The molecule has 1 aromatic carbocycles. The molecule has 3 aromatic rings. The number of hydrogen-bond donors (Lipinski definition) is 2. The van der Waals surface area contributed by atoms with Crippen LogP contribution in [0.1, 0.15) is 26.5 Å². The number of benzene rings is 1. The second kappa shape index (κ2) is 7.49. The van der Waals surface area contributed by atoms with Gasteiger partial charge in [-0.2, -0.15) is 0 Å². The van der Waals surface area contributed by atoms with Crippen molar-refractivity contribution < 1.29 is 9.90 Å². The summed E-state index contributed by atoms with van der Waals surface area (Å²) in [5.41, 5.74) is 2.88. The van der Waals surface area contributed by atoms with Crippen LogP contribution in [0.3, 0.4) is 0 Å². The summed E-state index contributed by atoms with van der Waals surface area (Å²) in [6.45, 7) is 7.83. The van der Waals surface area contributed by atoms with E-state index in [-0.39, 0.29) is 5.56 Å². The van der Waals surface area contributed by atoms with E-state index >= 15 is 0 Å². The van der Waals surface area contributed by atoms with Gasteiger partial charge in [0.05, 0.1) is 10.4 Å². The molecule has 5 nitrogen and oxygen atoms in total. The fourth-order valence-electron chi connectivity index (χ4n) is 2.59. The minimum atomic E-state index is -0.947. The summed E-state index contributed by atoms with van der Waals surface area (Å²) in [4.78, 5) is 22.6. The highest BCUT2D eigenvalue weighted by molar-refractivity contribution is 7.15. The van der Waals surface area contributed by atoms with Crippen molar-refractivity contribution in [3.05, 3.63) is 70.8 Å². The van der Waals surface area contributed by atoms with Gasteiger partial charge in [-0.05, 0) is 56.7 Å². The van der Waals surface area contributed by atoms with Crippen molar-refractivity contribution >= 4 is 28.8 Å². The highest BCUT2D eigenvalue weighted by atomic mass is 32.1. The fourth-order valence-corrected chi connectivity index (χ4v) is 3.39. The first-order valence-electron chi connectivity index (χ1n) is 8.13. The number of carbonyl (C=O) groups is 1. The Hall–Kier alpha value is -2.99. The highest BCUT2D eigenvalue weighted by Crippen LogP contribution is 2.29. The van der Waals surface area contributed by atoms with Crippen LogP contribution in [-0.2, 0) is 6.42 Å². The molecule has 0 aliphatic carbocycles. The van der Waals surface area contributed by atoms with Crippen molar-refractivity contribution in [2.24, 2.45) is 0 Å². The zero-order chi connectivity index (χ0) is 18.7. The van der Waals surface area contributed by atoms with Crippen molar-refractivity contribution in [2.75, 3.05) is 5.32 Å². The molecule has 0 amide bonds. The van der Waals surface area contributed by atoms with Crippen molar-refractivity contribution in [1.82, 2.24) is 9.97 Å². The predicted molar refractivity (Wildman–Crippen MR) is 105 cm³/mol. The highest BCUT2D eigenvalue weighted by Gasteiger charge is 2.14. The molecule has 26 heavy (non-hydrogen) atoms. The maximum Gasteiger partial charge on any atom is 0.335 e. The number of anilines is 2. The van der Waals surface area contributed by atoms with Crippen molar-refractivity contribution in [1.29, 1.82) is 0 Å². The first-order chi connectivity index (χ1) is 12.5. The van der Waals surface area contributed by atoms with Gasteiger partial charge in [0.1, 0.15) is 5.82 Å². The minimum Gasteiger partial charge on any atom is -0.478 e. The lowest BCUT2D eigenvalue weighted by atomic mass is 10.1. The van der Waals surface area contributed by atoms with Crippen molar-refractivity contribution in [3.8, 4) is 10.7 Å². The molecule has 0 saturated carbocycles. The Morgan fingerprint density at radius 3 is 2.50 bits per heavy atom. The number of aromatic nitrogens is 2. The maximum absolute atomic E-state index is 11.0. The number of aromatic carboxylic acids is 1. The largest absolute Gasteiger partial charge is 0.478 e. The number of nitrogens with one attached hydrogen (secondary N) is 1. The zero-order valence-corrected chi connectivity index (χ0v) is 15.4. The number of hydrogen-bond acceptors (Lipinski definition) is 5. The standard InChI is InChI=1S/C20H19N3O2S/c1-4-5-16-13(3)21-19(17-11-6-12(2)26-17)23-18(16)22-15-9-7-14(8-10-15)20(24)25/h4,6-11H,1,5H2,2-3H3,(H,24,25)(H,21,22,23). The molecule has 0 atom stereocenters. The summed E-state index contributed by atoms with van der Waals surface area (Å²) in [7, 11) is 0. The lowest BCUT2D eigenvalue weighted by molar-refractivity contribution is 0.0697. The summed E-state index contributed by atoms with van der Waals surface area (Å²) in [5, 5.41) is 12.3. The number of rotatable bonds is 6. The Bertz CT molecular complexity index is 962. The van der Waals surface area contributed by atoms with Gasteiger partial charge in [-0.3, -0.25) is 0 Å². The summed E-state index contributed by atoms with van der Waals surface area (Å²) in [5.74, 6) is 0.441. The van der Waals surface area contributed by atoms with Gasteiger partial charge >= 0.3 is 5.97 Å². The fraction of sp³-hybridized carbons (Fsp3) is 0.150. The lowest BCUT2D eigenvalue weighted by Gasteiger charge is -2.14. The Morgan fingerprint density at radius 2 is 1.92 bits per heavy atom. The van der Waals surface area contributed by atoms with Crippen LogP contribution in [0.4, 0.5) is 11.5 Å². The number of carboxylic acids is 1. The van der Waals surface area contributed by atoms with Gasteiger partial charge in [0.25, 0.3) is 0 Å². The van der Waals surface area contributed by atoms with E-state index in [0.29, 0.717) is 18.1 Å². The molecule has 0 spiro atoms. The third kappa shape index (κ3) is 3.81. The van der Waals surface area contributed by atoms with E-state index in [9.17, 15) is 4.79 Å². The lowest BCUT2D eigenvalue weighted by Crippen LogP contribution is -2.05. The van der Waals surface area contributed by atoms with Gasteiger partial charge in [-0.1, -0.05) is 6.08 Å². The zero-order valence-electron chi connectivity index (χ0n) is 14.6. The van der Waals surface area contributed by atoms with Crippen LogP contribution in [-0.4, -0.2) is 21.0 Å². The van der Waals surface area contributed by atoms with Crippen LogP contribution < -0.4 is 5.32 Å². The van der Waals surface area contributed by atoms with Gasteiger partial charge < -0.3 is 10.4 Å². The van der Waals surface area contributed by atoms with E-state index in [1.54, 1.807) is 35.6 Å². The topological polar surface area (TPSA) is 75.1 Å². The van der Waals surface area contributed by atoms with Crippen LogP contribution in [0.2, 0.25) is 0 Å². The molecule has 0 unspecified atom stereocenters. The minimum absolute atomic E-state index is 0.246. The predicted octanol–water partition coefficient (Wildman–Crippen LogP) is 4.99. The molecule has 0 fully saturated rings. The van der Waals surface area contributed by atoms with E-state index in [2.05, 4.69) is 23.8 Å². The molecular formula is C20H19N3O2S. The average molecular weight is 365 g/mol. The summed E-state index contributed by atoms with van der Waals surface area (Å²) in [6.07, 6.45) is 2.46. The Labute approximate surface area is 156 Å². The quantitative estimate of drug-likeness (QED) is 0.602. The SMILES string of the molecule is C=CCc1c(C)nc(-c2ccc(C)s2)nc1Nc1ccc(C(=O)O)cc1. The van der Waals surface area contributed by atoms with Crippen LogP contribution in [0.25, 0.3) is 10.7 Å². The molecule has 132 valence electrons. The number of thiophene rings is 1. The normalized spacial score (nSPS) is 10.5. The molecule has 0 saturated heterocycles. The Morgan fingerprint density at radius 1 is 1.19 bits per heavy atom. The number of aryl methyl sites for hydroxylation is 2. The van der Waals surface area contributed by atoms with Gasteiger partial charge in [-0.25, -0.2) is 14.8 Å². The molecule has 6 heteroatoms. The first-order valence-corrected chi connectivity index (χ1v) is 8.95. The summed E-state index contributed by atoms with van der Waals surface area (Å²) < 4.78 is 0. The summed E-state index contributed by atoms with van der Waals surface area (Å²) >= 11 is 1.65. The molecule has 0 bridgehead atoms. The van der Waals surface area contributed by atoms with E-state index in [4.69, 9.17) is 10.1 Å². The first kappa shape index (κ1) is 17.8. The van der Waals surface area contributed by atoms with Gasteiger partial charge in [0.2, 0.25) is 0 Å². The molecule has 0 radical (unpaired) electrons. The van der Waals surface area contributed by atoms with Crippen molar-refractivity contribution in [2.45, 2.75) is 20.3 Å². The molecule has 0 aliphatic rings. The van der Waals surface area contributed by atoms with Gasteiger partial charge in [0.15, 0.2) is 5.82 Å². The number of allylic oxidation sites excluding steroid dienone is 1. The Kier molecular flexibility index (Phi) is 5.14. The summed E-state index contributed by atoms with van der Waals surface area (Å²) in [6, 6.07) is 10.7. The average Bonchev–Trinajstić information content (AvgIpc) is 3.04. The van der Waals surface area contributed by atoms with Crippen LogP contribution >= 0.6 is 11.3 Å². The van der Waals surface area contributed by atoms with Gasteiger partial charge in [0, 0.05) is 21.8 Å². The second-order valence-electron chi connectivity index (χ2n) is 5.87. The van der Waals surface area contributed by atoms with Crippen molar-refractivity contribution in [3.63, 3.8) is 0 Å². The molecule has 2 aromatic heterocycles. The molecule has 2 heterocycles. The molecule has 2 N–H and O–H groups in total. The third-order valence-electron chi connectivity index (χ3n) is 3.92. The van der Waals surface area contributed by atoms with Gasteiger partial charge in [-0.15, -0.1) is 17.9 Å². The van der Waals surface area contributed by atoms with E-state index in [0.717, 1.165) is 21.8 Å².